The molecular weight excluding hydrogens is 302 g/mol. The van der Waals surface area contributed by atoms with E-state index in [2.05, 4.69) is 32.9 Å². The molecule has 3 nitrogen and oxygen atoms in total. The van der Waals surface area contributed by atoms with Gasteiger partial charge >= 0.3 is 0 Å². The molecule has 0 saturated heterocycles. The van der Waals surface area contributed by atoms with Gasteiger partial charge in [-0.2, -0.15) is 0 Å². The maximum absolute atomic E-state index is 8.82. The first kappa shape index (κ1) is 11.0. The van der Waals surface area contributed by atoms with Crippen molar-refractivity contribution in [3.05, 3.63) is 20.9 Å². The number of rotatable bonds is 3. The minimum atomic E-state index is -0.0387. The zero-order chi connectivity index (χ0) is 9.84. The molecule has 13 heavy (non-hydrogen) atoms. The van der Waals surface area contributed by atoms with E-state index in [1.54, 1.807) is 6.20 Å². The molecule has 0 radical (unpaired) electrons. The van der Waals surface area contributed by atoms with Crippen molar-refractivity contribution in [1.29, 1.82) is 0 Å². The van der Waals surface area contributed by atoms with Crippen LogP contribution in [0.4, 0.5) is 5.82 Å². The van der Waals surface area contributed by atoms with Crippen LogP contribution in [0.5, 0.6) is 0 Å². The third kappa shape index (κ3) is 2.96. The summed E-state index contributed by atoms with van der Waals surface area (Å²) < 4.78 is 0.946. The van der Waals surface area contributed by atoms with Crippen LogP contribution in [0.2, 0.25) is 5.02 Å². The van der Waals surface area contributed by atoms with Crippen LogP contribution in [0.3, 0.4) is 0 Å². The maximum Gasteiger partial charge on any atom is 0.146 e. The van der Waals surface area contributed by atoms with E-state index in [0.717, 1.165) is 3.57 Å². The van der Waals surface area contributed by atoms with Crippen LogP contribution in [-0.4, -0.2) is 22.7 Å². The second kappa shape index (κ2) is 4.97. The van der Waals surface area contributed by atoms with E-state index in [9.17, 15) is 0 Å². The van der Waals surface area contributed by atoms with Crippen molar-refractivity contribution in [3.8, 4) is 0 Å². The molecule has 72 valence electrons. The second-order valence-corrected chi connectivity index (χ2v) is 4.22. The molecule has 0 aromatic carbocycles. The van der Waals surface area contributed by atoms with Crippen LogP contribution in [0.1, 0.15) is 6.92 Å². The molecule has 0 aliphatic heterocycles. The number of hydrogen-bond donors (Lipinski definition) is 2. The topological polar surface area (TPSA) is 45.1 Å². The summed E-state index contributed by atoms with van der Waals surface area (Å²) in [6.45, 7) is 1.92. The molecule has 0 saturated carbocycles. The van der Waals surface area contributed by atoms with Crippen molar-refractivity contribution in [3.63, 3.8) is 0 Å². The van der Waals surface area contributed by atoms with E-state index in [-0.39, 0.29) is 12.6 Å². The minimum absolute atomic E-state index is 0.0387. The van der Waals surface area contributed by atoms with Gasteiger partial charge in [-0.3, -0.25) is 0 Å². The van der Waals surface area contributed by atoms with Gasteiger partial charge in [-0.15, -0.1) is 0 Å². The van der Waals surface area contributed by atoms with Gasteiger partial charge in [0.2, 0.25) is 0 Å². The molecule has 1 atom stereocenters. The summed E-state index contributed by atoms with van der Waals surface area (Å²) in [5.74, 6) is 0.620. The van der Waals surface area contributed by atoms with E-state index in [1.165, 1.54) is 0 Å². The highest BCUT2D eigenvalue weighted by atomic mass is 127. The van der Waals surface area contributed by atoms with E-state index in [1.807, 2.05) is 13.0 Å². The molecule has 1 heterocycles. The van der Waals surface area contributed by atoms with Gasteiger partial charge in [-0.1, -0.05) is 11.6 Å². The number of nitrogens with one attached hydrogen (secondary N) is 1. The first-order valence-corrected chi connectivity index (χ1v) is 5.28. The molecule has 1 aromatic heterocycles. The first-order valence-electron chi connectivity index (χ1n) is 3.82. The van der Waals surface area contributed by atoms with E-state index < -0.39 is 0 Å². The Labute approximate surface area is 95.7 Å². The van der Waals surface area contributed by atoms with Crippen LogP contribution in [0, 0.1) is 3.57 Å². The van der Waals surface area contributed by atoms with Gasteiger partial charge < -0.3 is 10.4 Å². The van der Waals surface area contributed by atoms with Gasteiger partial charge in [0.15, 0.2) is 0 Å². The summed E-state index contributed by atoms with van der Waals surface area (Å²) >= 11 is 8.11. The highest BCUT2D eigenvalue weighted by Crippen LogP contribution is 2.24. The molecule has 0 aliphatic carbocycles. The monoisotopic (exact) mass is 312 g/mol. The number of pyridine rings is 1. The quantitative estimate of drug-likeness (QED) is 0.841. The lowest BCUT2D eigenvalue weighted by molar-refractivity contribution is 0.281. The SMILES string of the molecule is CC(CO)Nc1nccc(I)c1Cl. The Morgan fingerprint density at radius 3 is 3.08 bits per heavy atom. The predicted molar refractivity (Wildman–Crippen MR) is 62.1 cm³/mol. The van der Waals surface area contributed by atoms with E-state index in [0.29, 0.717) is 10.8 Å². The zero-order valence-corrected chi connectivity index (χ0v) is 10.0. The van der Waals surface area contributed by atoms with Gasteiger partial charge in [0.25, 0.3) is 0 Å². The molecule has 0 spiro atoms. The fraction of sp³-hybridized carbons (Fsp3) is 0.375. The third-order valence-electron chi connectivity index (χ3n) is 1.50. The third-order valence-corrected chi connectivity index (χ3v) is 3.10. The molecule has 1 rings (SSSR count). The van der Waals surface area contributed by atoms with Gasteiger partial charge in [-0.05, 0) is 35.6 Å². The number of aromatic nitrogens is 1. The average Bonchev–Trinajstić information content (AvgIpc) is 2.13. The molecule has 2 N–H and O–H groups in total. The number of anilines is 1. The van der Waals surface area contributed by atoms with Crippen molar-refractivity contribution in [2.45, 2.75) is 13.0 Å². The highest BCUT2D eigenvalue weighted by Gasteiger charge is 2.07. The van der Waals surface area contributed by atoms with Crippen molar-refractivity contribution in [1.82, 2.24) is 4.98 Å². The lowest BCUT2D eigenvalue weighted by Crippen LogP contribution is -2.20. The number of nitrogens with zero attached hydrogens (tertiary/aromatic N) is 1. The predicted octanol–water partition coefficient (Wildman–Crippen LogP) is 2.13. The van der Waals surface area contributed by atoms with Crippen molar-refractivity contribution in [2.75, 3.05) is 11.9 Å². The lowest BCUT2D eigenvalue weighted by atomic mass is 10.3. The Kier molecular flexibility index (Phi) is 4.21. The molecular formula is C8H10ClIN2O. The van der Waals surface area contributed by atoms with Gasteiger partial charge in [-0.25, -0.2) is 4.98 Å². The molecule has 1 aromatic rings. The molecule has 1 unspecified atom stereocenters. The van der Waals surface area contributed by atoms with Crippen LogP contribution in [-0.2, 0) is 0 Å². The van der Waals surface area contributed by atoms with Crippen molar-refractivity contribution < 1.29 is 5.11 Å². The van der Waals surface area contributed by atoms with Gasteiger partial charge in [0.1, 0.15) is 5.82 Å². The summed E-state index contributed by atoms with van der Waals surface area (Å²) in [6.07, 6.45) is 1.68. The maximum atomic E-state index is 8.82. The zero-order valence-electron chi connectivity index (χ0n) is 7.09. The Morgan fingerprint density at radius 1 is 1.77 bits per heavy atom. The summed E-state index contributed by atoms with van der Waals surface area (Å²) in [6, 6.07) is 1.79. The van der Waals surface area contributed by atoms with E-state index >= 15 is 0 Å². The number of aliphatic hydroxyl groups is 1. The fourth-order valence-corrected chi connectivity index (χ4v) is 1.38. The van der Waals surface area contributed by atoms with Gasteiger partial charge in [0, 0.05) is 15.8 Å². The number of aliphatic hydroxyl groups excluding tert-OH is 1. The fourth-order valence-electron chi connectivity index (χ4n) is 0.800. The minimum Gasteiger partial charge on any atom is -0.394 e. The second-order valence-electron chi connectivity index (χ2n) is 2.68. The van der Waals surface area contributed by atoms with E-state index in [4.69, 9.17) is 16.7 Å². The largest absolute Gasteiger partial charge is 0.394 e. The average molecular weight is 313 g/mol. The Balaban J connectivity index is 2.83. The smallest absolute Gasteiger partial charge is 0.146 e. The molecule has 0 amide bonds. The first-order chi connectivity index (χ1) is 6.15. The van der Waals surface area contributed by atoms with Crippen LogP contribution in [0.25, 0.3) is 0 Å². The Hall–Kier alpha value is -0.0700. The summed E-state index contributed by atoms with van der Waals surface area (Å²) in [5, 5.41) is 12.4. The highest BCUT2D eigenvalue weighted by molar-refractivity contribution is 14.1. The molecule has 0 bridgehead atoms. The number of hydrogen-bond acceptors (Lipinski definition) is 3. The van der Waals surface area contributed by atoms with Crippen LogP contribution >= 0.6 is 34.2 Å². The van der Waals surface area contributed by atoms with Crippen molar-refractivity contribution >= 4 is 40.0 Å². The Bertz CT molecular complexity index is 295. The summed E-state index contributed by atoms with van der Waals surface area (Å²) in [7, 11) is 0. The standard InChI is InChI=1S/C8H10ClIN2O/c1-5(4-13)12-8-7(9)6(10)2-3-11-8/h2-3,5,13H,4H2,1H3,(H,11,12). The Morgan fingerprint density at radius 2 is 2.46 bits per heavy atom. The number of halogens is 2. The molecule has 0 fully saturated rings. The normalized spacial score (nSPS) is 12.6. The lowest BCUT2D eigenvalue weighted by Gasteiger charge is -2.12. The van der Waals surface area contributed by atoms with Crippen LogP contribution < -0.4 is 5.32 Å². The summed E-state index contributed by atoms with van der Waals surface area (Å²) in [5.41, 5.74) is 0. The molecule has 5 heteroatoms. The van der Waals surface area contributed by atoms with Crippen LogP contribution in [0.15, 0.2) is 12.3 Å². The van der Waals surface area contributed by atoms with Gasteiger partial charge in [0.05, 0.1) is 11.6 Å². The van der Waals surface area contributed by atoms with Crippen molar-refractivity contribution in [2.24, 2.45) is 0 Å². The molecule has 0 aliphatic rings. The summed E-state index contributed by atoms with van der Waals surface area (Å²) in [4.78, 5) is 4.07.